The Hall–Kier alpha value is -4.24. The van der Waals surface area contributed by atoms with E-state index in [0.717, 1.165) is 36.8 Å². The average Bonchev–Trinajstić information content (AvgIpc) is 3.00. The minimum atomic E-state index is -0.478. The van der Waals surface area contributed by atoms with E-state index < -0.39 is 11.9 Å². The number of carbonyl (C=O) groups is 3. The van der Waals surface area contributed by atoms with Gasteiger partial charge in [0.05, 0.1) is 45.7 Å². The van der Waals surface area contributed by atoms with E-state index >= 15 is 0 Å². The molecule has 0 amide bonds. The highest BCUT2D eigenvalue weighted by Gasteiger charge is 2.07. The van der Waals surface area contributed by atoms with Gasteiger partial charge in [-0.2, -0.15) is 0 Å². The highest BCUT2D eigenvalue weighted by molar-refractivity contribution is 6.32. The zero-order valence-corrected chi connectivity index (χ0v) is 25.7. The quantitative estimate of drug-likeness (QED) is 0.0747. The zero-order valence-electron chi connectivity index (χ0n) is 24.9. The van der Waals surface area contributed by atoms with Crippen LogP contribution in [0.5, 0.6) is 17.2 Å². The first-order chi connectivity index (χ1) is 20.7. The van der Waals surface area contributed by atoms with Gasteiger partial charge in [0.25, 0.3) is 0 Å². The van der Waals surface area contributed by atoms with Crippen LogP contribution in [-0.4, -0.2) is 58.6 Å². The van der Waals surface area contributed by atoms with Crippen molar-refractivity contribution >= 4 is 41.7 Å². The Kier molecular flexibility index (Phi) is 16.1. The van der Waals surface area contributed by atoms with Crippen LogP contribution in [-0.2, 0) is 28.6 Å². The second-order valence-corrected chi connectivity index (χ2v) is 9.75. The molecule has 0 aromatic heterocycles. The van der Waals surface area contributed by atoms with Crippen molar-refractivity contribution in [3.63, 3.8) is 0 Å². The van der Waals surface area contributed by atoms with E-state index in [0.29, 0.717) is 54.1 Å². The summed E-state index contributed by atoms with van der Waals surface area (Å²) >= 11 is 6.24. The molecule has 0 aliphatic heterocycles. The van der Waals surface area contributed by atoms with Gasteiger partial charge < -0.3 is 28.4 Å². The van der Waals surface area contributed by atoms with Crippen molar-refractivity contribution in [1.29, 1.82) is 0 Å². The number of ether oxygens (including phenoxy) is 6. The fourth-order valence-corrected chi connectivity index (χ4v) is 3.77. The zero-order chi connectivity index (χ0) is 31.5. The van der Waals surface area contributed by atoms with Crippen LogP contribution in [0.4, 0.5) is 0 Å². The molecule has 0 heterocycles. The molecule has 10 heteroatoms. The molecule has 0 bridgehead atoms. The van der Waals surface area contributed by atoms with Crippen molar-refractivity contribution in [1.82, 2.24) is 0 Å². The van der Waals surface area contributed by atoms with Gasteiger partial charge in [0.2, 0.25) is 0 Å². The maximum Gasteiger partial charge on any atom is 0.333 e. The fourth-order valence-electron chi connectivity index (χ4n) is 3.53. The third-order valence-electron chi connectivity index (χ3n) is 5.84. The molecule has 232 valence electrons. The maximum atomic E-state index is 12.1. The van der Waals surface area contributed by atoms with Crippen molar-refractivity contribution in [3.05, 3.63) is 76.9 Å². The summed E-state index contributed by atoms with van der Waals surface area (Å²) in [4.78, 5) is 34.7. The van der Waals surface area contributed by atoms with E-state index in [1.165, 1.54) is 19.3 Å². The van der Waals surface area contributed by atoms with Crippen molar-refractivity contribution in [2.75, 3.05) is 40.6 Å². The van der Waals surface area contributed by atoms with Gasteiger partial charge in [-0.05, 0) is 80.2 Å². The highest BCUT2D eigenvalue weighted by atomic mass is 35.5. The van der Waals surface area contributed by atoms with E-state index in [1.54, 1.807) is 56.5 Å². The minimum absolute atomic E-state index is 0.177. The van der Waals surface area contributed by atoms with E-state index in [2.05, 4.69) is 11.3 Å². The van der Waals surface area contributed by atoms with Gasteiger partial charge in [0, 0.05) is 24.1 Å². The first-order valence-corrected chi connectivity index (χ1v) is 14.3. The number of hydrogen-bond donors (Lipinski definition) is 0. The Bertz CT molecular complexity index is 1280. The molecule has 0 aliphatic rings. The number of methoxy groups -OCH3 is 2. The lowest BCUT2D eigenvalue weighted by Crippen LogP contribution is -2.07. The summed E-state index contributed by atoms with van der Waals surface area (Å²) < 4.78 is 31.8. The highest BCUT2D eigenvalue weighted by Crippen LogP contribution is 2.29. The van der Waals surface area contributed by atoms with Crippen molar-refractivity contribution < 1.29 is 42.8 Å². The molecule has 2 aromatic rings. The molecule has 43 heavy (non-hydrogen) atoms. The second-order valence-electron chi connectivity index (χ2n) is 9.34. The number of halogens is 1. The van der Waals surface area contributed by atoms with Gasteiger partial charge in [-0.1, -0.05) is 30.3 Å². The van der Waals surface area contributed by atoms with Crippen molar-refractivity contribution in [2.45, 2.75) is 39.0 Å². The summed E-state index contributed by atoms with van der Waals surface area (Å²) in [5.41, 5.74) is 1.89. The predicted molar refractivity (Wildman–Crippen MR) is 165 cm³/mol. The van der Waals surface area contributed by atoms with E-state index in [9.17, 15) is 14.4 Å². The van der Waals surface area contributed by atoms with Crippen LogP contribution in [0.15, 0.2) is 60.7 Å². The Balaban J connectivity index is 1.67. The standard InChI is InChI=1S/C33H39ClO9/c1-24(2)33(37)43-19-8-6-5-7-18-41-29-15-11-26(23-30(29)38-3)13-17-32(36)42-21-9-20-40-28-14-10-25(22-27(28)34)12-16-31(35)39-4/h10-17,22-23H,1,5-9,18-21H2,2-4H3/b16-12+,17-13+. The second kappa shape index (κ2) is 19.8. The Morgan fingerprint density at radius 1 is 0.721 bits per heavy atom. The van der Waals surface area contributed by atoms with E-state index in [-0.39, 0.29) is 12.6 Å². The third-order valence-corrected chi connectivity index (χ3v) is 6.13. The first-order valence-electron chi connectivity index (χ1n) is 13.9. The molecule has 0 radical (unpaired) electrons. The normalized spacial score (nSPS) is 10.9. The lowest BCUT2D eigenvalue weighted by Gasteiger charge is -2.11. The molecule has 0 unspecified atom stereocenters. The average molecular weight is 615 g/mol. The molecule has 0 fully saturated rings. The van der Waals surface area contributed by atoms with Gasteiger partial charge in [0.1, 0.15) is 5.75 Å². The number of rotatable bonds is 19. The molecular formula is C33H39ClO9. The summed E-state index contributed by atoms with van der Waals surface area (Å²) in [6.45, 7) is 6.58. The minimum Gasteiger partial charge on any atom is -0.493 e. The number of benzene rings is 2. The summed E-state index contributed by atoms with van der Waals surface area (Å²) in [5, 5.41) is 0.398. The molecule has 0 saturated heterocycles. The monoisotopic (exact) mass is 614 g/mol. The van der Waals surface area contributed by atoms with Crippen LogP contribution in [0.1, 0.15) is 50.2 Å². The Morgan fingerprint density at radius 3 is 1.95 bits per heavy atom. The van der Waals surface area contributed by atoms with Crippen LogP contribution in [0.25, 0.3) is 12.2 Å². The van der Waals surface area contributed by atoms with Crippen LogP contribution in [0, 0.1) is 0 Å². The molecule has 0 aliphatic carbocycles. The number of unbranched alkanes of at least 4 members (excludes halogenated alkanes) is 3. The summed E-state index contributed by atoms with van der Waals surface area (Å²) in [6.07, 6.45) is 9.88. The lowest BCUT2D eigenvalue weighted by molar-refractivity contribution is -0.139. The number of esters is 3. The Labute approximate surface area is 258 Å². The molecule has 0 saturated carbocycles. The molecule has 0 N–H and O–H groups in total. The molecule has 0 atom stereocenters. The van der Waals surface area contributed by atoms with E-state index in [1.807, 2.05) is 6.07 Å². The summed E-state index contributed by atoms with van der Waals surface area (Å²) in [6, 6.07) is 10.5. The van der Waals surface area contributed by atoms with Gasteiger partial charge in [-0.15, -0.1) is 0 Å². The number of carbonyl (C=O) groups excluding carboxylic acids is 3. The van der Waals surface area contributed by atoms with Gasteiger partial charge >= 0.3 is 17.9 Å². The van der Waals surface area contributed by atoms with Crippen molar-refractivity contribution in [2.24, 2.45) is 0 Å². The van der Waals surface area contributed by atoms with Gasteiger partial charge in [0.15, 0.2) is 11.5 Å². The van der Waals surface area contributed by atoms with Crippen LogP contribution in [0.3, 0.4) is 0 Å². The fraction of sp³-hybridized carbons (Fsp3) is 0.364. The smallest absolute Gasteiger partial charge is 0.333 e. The van der Waals surface area contributed by atoms with E-state index in [4.69, 9.17) is 35.3 Å². The summed E-state index contributed by atoms with van der Waals surface area (Å²) in [7, 11) is 2.86. The molecule has 9 nitrogen and oxygen atoms in total. The van der Waals surface area contributed by atoms with Crippen LogP contribution < -0.4 is 14.2 Å². The first kappa shape index (κ1) is 35.0. The topological polar surface area (TPSA) is 107 Å². The SMILES string of the molecule is C=C(C)C(=O)OCCCCCCOc1ccc(/C=C/C(=O)OCCCOc2ccc(/C=C/C(=O)OC)cc2Cl)cc1OC. The van der Waals surface area contributed by atoms with Crippen LogP contribution in [0.2, 0.25) is 5.02 Å². The molecule has 2 rings (SSSR count). The number of hydrogen-bond acceptors (Lipinski definition) is 9. The molecule has 0 spiro atoms. The predicted octanol–water partition coefficient (Wildman–Crippen LogP) is 6.62. The third kappa shape index (κ3) is 14.0. The lowest BCUT2D eigenvalue weighted by atomic mass is 10.2. The summed E-state index contributed by atoms with van der Waals surface area (Å²) in [5.74, 6) is 0.374. The van der Waals surface area contributed by atoms with Crippen LogP contribution >= 0.6 is 11.6 Å². The Morgan fingerprint density at radius 2 is 1.30 bits per heavy atom. The maximum absolute atomic E-state index is 12.1. The molecule has 2 aromatic carbocycles. The van der Waals surface area contributed by atoms with Gasteiger partial charge in [-0.25, -0.2) is 14.4 Å². The largest absolute Gasteiger partial charge is 0.493 e. The van der Waals surface area contributed by atoms with Gasteiger partial charge in [-0.3, -0.25) is 0 Å². The van der Waals surface area contributed by atoms with Crippen molar-refractivity contribution in [3.8, 4) is 17.2 Å². The molecular weight excluding hydrogens is 576 g/mol.